The maximum atomic E-state index is 11.5. The second kappa shape index (κ2) is 7.43. The fourth-order valence-electron chi connectivity index (χ4n) is 2.26. The Kier molecular flexibility index (Phi) is 5.09. The molecule has 1 aliphatic heterocycles. The molecule has 9 heteroatoms. The van der Waals surface area contributed by atoms with Gasteiger partial charge >= 0.3 is 0 Å². The Morgan fingerprint density at radius 3 is 2.54 bits per heavy atom. The molecule has 0 atom stereocenters. The number of nitrogens with two attached hydrogens (primary N) is 1. The number of primary amides is 1. The van der Waals surface area contributed by atoms with E-state index in [1.165, 1.54) is 17.4 Å². The van der Waals surface area contributed by atoms with E-state index in [-0.39, 0.29) is 23.8 Å². The Morgan fingerprint density at radius 2 is 1.92 bits per heavy atom. The van der Waals surface area contributed by atoms with Crippen LogP contribution in [0.25, 0.3) is 0 Å². The van der Waals surface area contributed by atoms with E-state index >= 15 is 0 Å². The summed E-state index contributed by atoms with van der Waals surface area (Å²) in [5, 5.41) is 1.48. The molecule has 1 aromatic carbocycles. The Bertz CT molecular complexity index is 707. The number of hydrogen-bond acceptors (Lipinski definition) is 7. The van der Waals surface area contributed by atoms with Crippen molar-refractivity contribution in [3.8, 4) is 0 Å². The van der Waals surface area contributed by atoms with Crippen LogP contribution in [-0.4, -0.2) is 35.1 Å². The van der Waals surface area contributed by atoms with E-state index in [0.717, 1.165) is 11.3 Å². The molecule has 3 rings (SSSR count). The van der Waals surface area contributed by atoms with E-state index in [0.29, 0.717) is 13.2 Å². The second-order valence-electron chi connectivity index (χ2n) is 4.95. The number of benzene rings is 1. The van der Waals surface area contributed by atoms with Gasteiger partial charge in [0.15, 0.2) is 17.8 Å². The summed E-state index contributed by atoms with van der Waals surface area (Å²) in [7, 11) is 0. The molecule has 2 aromatic rings. The average Bonchev–Trinajstić information content (AvgIpc) is 3.15. The molecular formula is C15H16ClN5O3. The van der Waals surface area contributed by atoms with Crippen molar-refractivity contribution in [2.24, 2.45) is 5.73 Å². The molecule has 1 aromatic heterocycles. The molecule has 0 bridgehead atoms. The van der Waals surface area contributed by atoms with Crippen LogP contribution in [0.15, 0.2) is 36.7 Å². The van der Waals surface area contributed by atoms with Crippen LogP contribution in [0.5, 0.6) is 0 Å². The van der Waals surface area contributed by atoms with Crippen molar-refractivity contribution in [3.05, 3.63) is 47.9 Å². The second-order valence-corrected chi connectivity index (χ2v) is 5.19. The third-order valence-corrected chi connectivity index (χ3v) is 3.60. The molecule has 1 aliphatic rings. The van der Waals surface area contributed by atoms with Gasteiger partial charge in [-0.3, -0.25) is 15.2 Å². The Hall–Kier alpha value is -2.42. The molecule has 0 aliphatic carbocycles. The van der Waals surface area contributed by atoms with Gasteiger partial charge in [0.05, 0.1) is 18.9 Å². The number of anilines is 2. The number of alkyl halides is 1. The summed E-state index contributed by atoms with van der Waals surface area (Å²) in [6.45, 7) is 1.18. The zero-order chi connectivity index (χ0) is 16.9. The number of hydrogen-bond donors (Lipinski definition) is 2. The topological polar surface area (TPSA) is 103 Å². The normalized spacial score (nSPS) is 14.5. The van der Waals surface area contributed by atoms with Crippen molar-refractivity contribution >= 4 is 29.0 Å². The summed E-state index contributed by atoms with van der Waals surface area (Å²) in [4.78, 5) is 19.5. The summed E-state index contributed by atoms with van der Waals surface area (Å²) in [6, 6.07) is 7.50. The lowest BCUT2D eigenvalue weighted by molar-refractivity contribution is -0.0441. The van der Waals surface area contributed by atoms with E-state index in [2.05, 4.69) is 15.4 Å². The van der Waals surface area contributed by atoms with E-state index in [4.69, 9.17) is 26.8 Å². The summed E-state index contributed by atoms with van der Waals surface area (Å²) < 4.78 is 10.9. The van der Waals surface area contributed by atoms with Gasteiger partial charge in [-0.05, 0) is 12.1 Å². The third kappa shape index (κ3) is 3.56. The highest BCUT2D eigenvalue weighted by atomic mass is 35.5. The Morgan fingerprint density at radius 1 is 1.25 bits per heavy atom. The molecule has 0 unspecified atom stereocenters. The van der Waals surface area contributed by atoms with Crippen LogP contribution in [-0.2, 0) is 9.47 Å². The number of carbonyl (C=O) groups is 1. The van der Waals surface area contributed by atoms with Crippen LogP contribution in [0.4, 0.5) is 11.5 Å². The molecule has 3 N–H and O–H groups in total. The van der Waals surface area contributed by atoms with Crippen molar-refractivity contribution in [1.29, 1.82) is 0 Å². The van der Waals surface area contributed by atoms with E-state index in [1.807, 2.05) is 24.3 Å². The first-order valence-corrected chi connectivity index (χ1v) is 7.76. The SMILES string of the molecule is NC(=O)c1nccnc1N(CCl)Nc1ccc(C2OCCO2)cc1. The number of halogens is 1. The molecule has 1 saturated heterocycles. The van der Waals surface area contributed by atoms with Crippen LogP contribution >= 0.6 is 11.6 Å². The maximum absolute atomic E-state index is 11.5. The molecular weight excluding hydrogens is 334 g/mol. The summed E-state index contributed by atoms with van der Waals surface area (Å²) in [5.41, 5.74) is 10.1. The number of hydrazine groups is 1. The molecule has 0 spiro atoms. The third-order valence-electron chi connectivity index (χ3n) is 3.36. The molecule has 0 saturated carbocycles. The zero-order valence-electron chi connectivity index (χ0n) is 12.7. The summed E-state index contributed by atoms with van der Waals surface area (Å²) in [5.74, 6) is -0.424. The molecule has 1 fully saturated rings. The smallest absolute Gasteiger partial charge is 0.271 e. The Balaban J connectivity index is 1.77. The van der Waals surface area contributed by atoms with E-state index in [9.17, 15) is 4.79 Å². The van der Waals surface area contributed by atoms with Gasteiger partial charge in [-0.1, -0.05) is 12.1 Å². The van der Waals surface area contributed by atoms with Gasteiger partial charge in [-0.25, -0.2) is 9.97 Å². The minimum Gasteiger partial charge on any atom is -0.364 e. The number of nitrogens with one attached hydrogen (secondary N) is 1. The minimum absolute atomic E-state index is 0.0371. The maximum Gasteiger partial charge on any atom is 0.271 e. The average molecular weight is 350 g/mol. The molecule has 24 heavy (non-hydrogen) atoms. The van der Waals surface area contributed by atoms with Crippen molar-refractivity contribution < 1.29 is 14.3 Å². The fraction of sp³-hybridized carbons (Fsp3) is 0.267. The number of aromatic nitrogens is 2. The standard InChI is InChI=1S/C15H16ClN5O3/c16-9-21(14-12(13(17)22)18-5-6-19-14)20-11-3-1-10(2-4-11)15-23-7-8-24-15/h1-6,15,20H,7-9H2,(H2,17,22). The van der Waals surface area contributed by atoms with Crippen molar-refractivity contribution in [2.75, 3.05) is 29.7 Å². The van der Waals surface area contributed by atoms with Crippen molar-refractivity contribution in [2.45, 2.75) is 6.29 Å². The molecule has 126 valence electrons. The van der Waals surface area contributed by atoms with Gasteiger partial charge in [0.25, 0.3) is 5.91 Å². The number of nitrogens with zero attached hydrogens (tertiary/aromatic N) is 3. The van der Waals surface area contributed by atoms with Gasteiger partial charge in [-0.2, -0.15) is 0 Å². The van der Waals surface area contributed by atoms with Crippen molar-refractivity contribution in [3.63, 3.8) is 0 Å². The quantitative estimate of drug-likeness (QED) is 0.464. The summed E-state index contributed by atoms with van der Waals surface area (Å²) in [6.07, 6.45) is 2.53. The molecule has 2 heterocycles. The first kappa shape index (κ1) is 16.4. The van der Waals surface area contributed by atoms with Crippen LogP contribution in [0.3, 0.4) is 0 Å². The lowest BCUT2D eigenvalue weighted by Gasteiger charge is -2.23. The zero-order valence-corrected chi connectivity index (χ0v) is 13.4. The highest BCUT2D eigenvalue weighted by Crippen LogP contribution is 2.25. The van der Waals surface area contributed by atoms with Gasteiger partial charge in [0.2, 0.25) is 0 Å². The van der Waals surface area contributed by atoms with Gasteiger partial charge in [-0.15, -0.1) is 11.6 Å². The number of rotatable bonds is 6. The van der Waals surface area contributed by atoms with Gasteiger partial charge in [0.1, 0.15) is 6.00 Å². The summed E-state index contributed by atoms with van der Waals surface area (Å²) >= 11 is 5.97. The van der Waals surface area contributed by atoms with Crippen LogP contribution in [0.1, 0.15) is 22.3 Å². The molecule has 1 amide bonds. The largest absolute Gasteiger partial charge is 0.364 e. The number of ether oxygens (including phenoxy) is 2. The fourth-order valence-corrected chi connectivity index (χ4v) is 2.44. The van der Waals surface area contributed by atoms with Crippen molar-refractivity contribution in [1.82, 2.24) is 9.97 Å². The predicted octanol–water partition coefficient (Wildman–Crippen LogP) is 1.65. The van der Waals surface area contributed by atoms with Crippen LogP contribution in [0, 0.1) is 0 Å². The van der Waals surface area contributed by atoms with E-state index in [1.54, 1.807) is 0 Å². The van der Waals surface area contributed by atoms with E-state index < -0.39 is 5.91 Å². The lowest BCUT2D eigenvalue weighted by Crippen LogP contribution is -2.32. The van der Waals surface area contributed by atoms with Gasteiger partial charge < -0.3 is 15.2 Å². The lowest BCUT2D eigenvalue weighted by atomic mass is 10.2. The first-order valence-electron chi connectivity index (χ1n) is 7.23. The minimum atomic E-state index is -0.680. The van der Waals surface area contributed by atoms with Crippen LogP contribution < -0.4 is 16.2 Å². The Labute approximate surface area is 143 Å². The number of carbonyl (C=O) groups excluding carboxylic acids is 1. The predicted molar refractivity (Wildman–Crippen MR) is 88.5 cm³/mol. The highest BCUT2D eigenvalue weighted by molar-refractivity contribution is 6.19. The van der Waals surface area contributed by atoms with Gasteiger partial charge in [0, 0.05) is 18.0 Å². The first-order chi connectivity index (χ1) is 11.7. The molecule has 8 nitrogen and oxygen atoms in total. The van der Waals surface area contributed by atoms with Crippen LogP contribution in [0.2, 0.25) is 0 Å². The molecule has 0 radical (unpaired) electrons. The number of amides is 1. The highest BCUT2D eigenvalue weighted by Gasteiger charge is 2.19. The monoisotopic (exact) mass is 349 g/mol.